The summed E-state index contributed by atoms with van der Waals surface area (Å²) in [5, 5.41) is 4.13. The number of carbonyl (C=O) groups is 2. The highest BCUT2D eigenvalue weighted by molar-refractivity contribution is 5.95. The molecule has 1 unspecified atom stereocenters. The number of piperidine rings is 1. The molecule has 4 heterocycles. The lowest BCUT2D eigenvalue weighted by molar-refractivity contribution is -0.119. The van der Waals surface area contributed by atoms with Crippen molar-refractivity contribution in [1.29, 1.82) is 0 Å². The van der Waals surface area contributed by atoms with Gasteiger partial charge in [-0.2, -0.15) is 5.10 Å². The first kappa shape index (κ1) is 21.3. The number of nitrogens with zero attached hydrogens (tertiary/aromatic N) is 6. The van der Waals surface area contributed by atoms with E-state index in [1.807, 2.05) is 49.2 Å². The maximum absolute atomic E-state index is 13.0. The third kappa shape index (κ3) is 4.25. The molecule has 2 aliphatic heterocycles. The van der Waals surface area contributed by atoms with E-state index in [1.54, 1.807) is 22.0 Å². The van der Waals surface area contributed by atoms with Gasteiger partial charge >= 0.3 is 0 Å². The summed E-state index contributed by atoms with van der Waals surface area (Å²) in [6, 6.07) is 10.00. The van der Waals surface area contributed by atoms with Gasteiger partial charge < -0.3 is 4.90 Å². The van der Waals surface area contributed by atoms with E-state index >= 15 is 0 Å². The number of amides is 2. The van der Waals surface area contributed by atoms with Crippen molar-refractivity contribution in [1.82, 2.24) is 24.6 Å². The zero-order valence-corrected chi connectivity index (χ0v) is 19.1. The summed E-state index contributed by atoms with van der Waals surface area (Å²) in [6.07, 6.45) is 6.31. The normalized spacial score (nSPS) is 18.4. The highest BCUT2D eigenvalue weighted by Crippen LogP contribution is 2.33. The molecule has 8 heteroatoms. The Morgan fingerprint density at radius 2 is 1.97 bits per heavy atom. The molecule has 0 spiro atoms. The highest BCUT2D eigenvalue weighted by Gasteiger charge is 2.32. The van der Waals surface area contributed by atoms with Crippen LogP contribution in [0.3, 0.4) is 0 Å². The summed E-state index contributed by atoms with van der Waals surface area (Å²) in [6.45, 7) is 3.78. The predicted octanol–water partition coefficient (Wildman–Crippen LogP) is 3.02. The molecule has 3 aromatic rings. The van der Waals surface area contributed by atoms with Crippen molar-refractivity contribution in [3.8, 4) is 0 Å². The molecule has 0 radical (unpaired) electrons. The molecule has 1 fully saturated rings. The van der Waals surface area contributed by atoms with Gasteiger partial charge in [0.1, 0.15) is 11.6 Å². The summed E-state index contributed by atoms with van der Waals surface area (Å²) in [5.41, 5.74) is 3.65. The van der Waals surface area contributed by atoms with Crippen molar-refractivity contribution < 1.29 is 9.59 Å². The number of hydrogen-bond acceptors (Lipinski definition) is 5. The van der Waals surface area contributed by atoms with E-state index in [2.05, 4.69) is 5.10 Å². The maximum atomic E-state index is 13.0. The smallest absolute Gasteiger partial charge is 0.257 e. The van der Waals surface area contributed by atoms with E-state index in [0.717, 1.165) is 41.3 Å². The lowest BCUT2D eigenvalue weighted by Gasteiger charge is -2.34. The van der Waals surface area contributed by atoms with Crippen molar-refractivity contribution in [3.63, 3.8) is 0 Å². The fraction of sp³-hybridized carbons (Fsp3) is 0.400. The average molecular weight is 445 g/mol. The van der Waals surface area contributed by atoms with E-state index in [4.69, 9.17) is 9.97 Å². The molecule has 2 aliphatic rings. The zero-order valence-electron chi connectivity index (χ0n) is 19.1. The number of aromatic nitrogens is 4. The van der Waals surface area contributed by atoms with E-state index < -0.39 is 0 Å². The summed E-state index contributed by atoms with van der Waals surface area (Å²) in [7, 11) is 1.81. The standard InChI is InChI=1S/C25H28N6O2/c1-17-21-10-11-22(32)31(14-18-7-4-3-5-8-18)24(21)28-23(27-17)19-9-6-12-30(16-19)25(33)20-13-26-29(2)15-20/h3-5,7-8,13,15,19H,6,9-12,14,16H2,1-2H3. The number of aryl methyl sites for hydroxylation is 2. The molecule has 170 valence electrons. The van der Waals surface area contributed by atoms with Crippen LogP contribution in [-0.2, 0) is 24.8 Å². The van der Waals surface area contributed by atoms with Crippen LogP contribution in [0.1, 0.15) is 58.2 Å². The van der Waals surface area contributed by atoms with Gasteiger partial charge in [-0.3, -0.25) is 19.2 Å². The van der Waals surface area contributed by atoms with Crippen molar-refractivity contribution in [2.45, 2.75) is 45.1 Å². The van der Waals surface area contributed by atoms with Crippen LogP contribution in [0.5, 0.6) is 0 Å². The van der Waals surface area contributed by atoms with E-state index in [1.165, 1.54) is 0 Å². The van der Waals surface area contributed by atoms with Gasteiger partial charge in [0.15, 0.2) is 0 Å². The molecular formula is C25H28N6O2. The first-order valence-corrected chi connectivity index (χ1v) is 11.5. The Balaban J connectivity index is 1.43. The first-order chi connectivity index (χ1) is 16.0. The van der Waals surface area contributed by atoms with Crippen LogP contribution in [0.15, 0.2) is 42.7 Å². The second-order valence-corrected chi connectivity index (χ2v) is 8.93. The van der Waals surface area contributed by atoms with E-state index in [9.17, 15) is 9.59 Å². The minimum absolute atomic E-state index is 0.0108. The SMILES string of the molecule is Cc1nc(C2CCCN(C(=O)c3cnn(C)c3)C2)nc2c1CCC(=O)N2Cc1ccccc1. The molecule has 1 aromatic carbocycles. The number of likely N-dealkylation sites (tertiary alicyclic amines) is 1. The summed E-state index contributed by atoms with van der Waals surface area (Å²) < 4.78 is 1.64. The fourth-order valence-electron chi connectivity index (χ4n) is 4.80. The minimum Gasteiger partial charge on any atom is -0.338 e. The Morgan fingerprint density at radius 3 is 2.73 bits per heavy atom. The summed E-state index contributed by atoms with van der Waals surface area (Å²) >= 11 is 0. The Hall–Kier alpha value is -3.55. The number of anilines is 1. The van der Waals surface area contributed by atoms with Crippen LogP contribution in [0.25, 0.3) is 0 Å². The Bertz CT molecular complexity index is 1190. The third-order valence-corrected chi connectivity index (χ3v) is 6.56. The Morgan fingerprint density at radius 1 is 1.15 bits per heavy atom. The summed E-state index contributed by atoms with van der Waals surface area (Å²) in [4.78, 5) is 39.3. The topological polar surface area (TPSA) is 84.2 Å². The van der Waals surface area contributed by atoms with Crippen LogP contribution in [0.4, 0.5) is 5.82 Å². The number of fused-ring (bicyclic) bond motifs is 1. The molecule has 0 bridgehead atoms. The molecule has 5 rings (SSSR count). The Labute approximate surface area is 193 Å². The van der Waals surface area contributed by atoms with Crippen molar-refractivity contribution >= 4 is 17.6 Å². The van der Waals surface area contributed by atoms with Gasteiger partial charge in [0.25, 0.3) is 5.91 Å². The molecule has 0 aliphatic carbocycles. The molecule has 1 atom stereocenters. The van der Waals surface area contributed by atoms with Crippen molar-refractivity contribution in [2.24, 2.45) is 7.05 Å². The Kier molecular flexibility index (Phi) is 5.66. The summed E-state index contributed by atoms with van der Waals surface area (Å²) in [5.74, 6) is 1.57. The van der Waals surface area contributed by atoms with Crippen LogP contribution >= 0.6 is 0 Å². The van der Waals surface area contributed by atoms with Gasteiger partial charge in [0, 0.05) is 49.9 Å². The maximum Gasteiger partial charge on any atom is 0.257 e. The molecule has 8 nitrogen and oxygen atoms in total. The molecule has 0 N–H and O–H groups in total. The van der Waals surface area contributed by atoms with Crippen LogP contribution in [-0.4, -0.2) is 49.6 Å². The molecular weight excluding hydrogens is 416 g/mol. The lowest BCUT2D eigenvalue weighted by atomic mass is 9.95. The average Bonchev–Trinajstić information content (AvgIpc) is 3.27. The fourth-order valence-corrected chi connectivity index (χ4v) is 4.80. The zero-order chi connectivity index (χ0) is 22.9. The number of carbonyl (C=O) groups excluding carboxylic acids is 2. The van der Waals surface area contributed by atoms with Gasteiger partial charge in [0.05, 0.1) is 18.3 Å². The lowest BCUT2D eigenvalue weighted by Crippen LogP contribution is -2.40. The number of benzene rings is 1. The largest absolute Gasteiger partial charge is 0.338 e. The van der Waals surface area contributed by atoms with Gasteiger partial charge in [-0.05, 0) is 31.7 Å². The number of rotatable bonds is 4. The third-order valence-electron chi connectivity index (χ3n) is 6.56. The van der Waals surface area contributed by atoms with Gasteiger partial charge in [0.2, 0.25) is 5.91 Å². The van der Waals surface area contributed by atoms with Crippen molar-refractivity contribution in [3.05, 3.63) is 70.9 Å². The predicted molar refractivity (Wildman–Crippen MR) is 124 cm³/mol. The second kappa shape index (κ2) is 8.77. The first-order valence-electron chi connectivity index (χ1n) is 11.5. The van der Waals surface area contributed by atoms with E-state index in [-0.39, 0.29) is 17.7 Å². The van der Waals surface area contributed by atoms with Gasteiger partial charge in [-0.25, -0.2) is 9.97 Å². The van der Waals surface area contributed by atoms with Crippen LogP contribution in [0, 0.1) is 6.92 Å². The molecule has 2 aromatic heterocycles. The van der Waals surface area contributed by atoms with Crippen molar-refractivity contribution in [2.75, 3.05) is 18.0 Å². The van der Waals surface area contributed by atoms with E-state index in [0.29, 0.717) is 38.0 Å². The monoisotopic (exact) mass is 444 g/mol. The van der Waals surface area contributed by atoms with Crippen LogP contribution < -0.4 is 4.90 Å². The quantitative estimate of drug-likeness (QED) is 0.618. The van der Waals surface area contributed by atoms with Gasteiger partial charge in [-0.15, -0.1) is 0 Å². The molecule has 0 saturated carbocycles. The van der Waals surface area contributed by atoms with Gasteiger partial charge in [-0.1, -0.05) is 30.3 Å². The highest BCUT2D eigenvalue weighted by atomic mass is 16.2. The second-order valence-electron chi connectivity index (χ2n) is 8.93. The van der Waals surface area contributed by atoms with Crippen LogP contribution in [0.2, 0.25) is 0 Å². The minimum atomic E-state index is -0.0108. The molecule has 1 saturated heterocycles. The number of hydrogen-bond donors (Lipinski definition) is 0. The molecule has 2 amide bonds. The molecule has 33 heavy (non-hydrogen) atoms.